The summed E-state index contributed by atoms with van der Waals surface area (Å²) < 4.78 is 0. The van der Waals surface area contributed by atoms with Crippen molar-refractivity contribution in [3.8, 4) is 0 Å². The largest absolute Gasteiger partial charge is 0.351 e. The van der Waals surface area contributed by atoms with Gasteiger partial charge in [0.15, 0.2) is 0 Å². The summed E-state index contributed by atoms with van der Waals surface area (Å²) in [5, 5.41) is 5.68. The second kappa shape index (κ2) is 6.78. The van der Waals surface area contributed by atoms with E-state index in [9.17, 15) is 9.59 Å². The first-order valence-electron chi connectivity index (χ1n) is 7.12. The Bertz CT molecular complexity index is 315. The average Bonchev–Trinajstić information content (AvgIpc) is 2.27. The van der Waals surface area contributed by atoms with Crippen molar-refractivity contribution in [1.82, 2.24) is 15.5 Å². The van der Waals surface area contributed by atoms with E-state index in [2.05, 4.69) is 17.6 Å². The Hall–Kier alpha value is -1.26. The van der Waals surface area contributed by atoms with E-state index in [0.29, 0.717) is 18.9 Å². The minimum Gasteiger partial charge on any atom is -0.351 e. The Morgan fingerprint density at radius 1 is 1.21 bits per heavy atom. The van der Waals surface area contributed by atoms with Crippen molar-refractivity contribution in [3.63, 3.8) is 0 Å². The van der Waals surface area contributed by atoms with Crippen molar-refractivity contribution in [2.75, 3.05) is 19.6 Å². The molecule has 1 aliphatic heterocycles. The van der Waals surface area contributed by atoms with E-state index in [4.69, 9.17) is 0 Å². The first kappa shape index (κ1) is 15.8. The smallest absolute Gasteiger partial charge is 0.317 e. The number of amides is 3. The second-order valence-corrected chi connectivity index (χ2v) is 6.45. The van der Waals surface area contributed by atoms with E-state index >= 15 is 0 Å². The number of rotatable bonds is 3. The number of piperidine rings is 1. The molecule has 0 spiro atoms. The maximum atomic E-state index is 11.9. The van der Waals surface area contributed by atoms with Crippen molar-refractivity contribution < 1.29 is 9.59 Å². The van der Waals surface area contributed by atoms with Crippen LogP contribution < -0.4 is 10.6 Å². The molecule has 5 heteroatoms. The van der Waals surface area contributed by atoms with Gasteiger partial charge in [-0.2, -0.15) is 0 Å². The fourth-order valence-corrected chi connectivity index (χ4v) is 2.09. The van der Waals surface area contributed by atoms with Crippen LogP contribution in [0.15, 0.2) is 0 Å². The Labute approximate surface area is 116 Å². The molecular formula is C14H27N3O2. The number of carbonyl (C=O) groups excluding carboxylic acids is 2. The lowest BCUT2D eigenvalue weighted by atomic mass is 10.00. The van der Waals surface area contributed by atoms with Gasteiger partial charge in [0.2, 0.25) is 5.91 Å². The molecule has 0 atom stereocenters. The molecule has 1 fully saturated rings. The zero-order valence-electron chi connectivity index (χ0n) is 12.6. The third-order valence-electron chi connectivity index (χ3n) is 3.21. The van der Waals surface area contributed by atoms with Gasteiger partial charge in [-0.15, -0.1) is 0 Å². The summed E-state index contributed by atoms with van der Waals surface area (Å²) in [6.07, 6.45) is 2.46. The summed E-state index contributed by atoms with van der Waals surface area (Å²) in [4.78, 5) is 25.3. The number of carbonyl (C=O) groups is 2. The van der Waals surface area contributed by atoms with Crippen molar-refractivity contribution in [2.45, 2.75) is 52.5 Å². The van der Waals surface area contributed by atoms with Crippen LogP contribution in [0.5, 0.6) is 0 Å². The third kappa shape index (κ3) is 6.45. The summed E-state index contributed by atoms with van der Waals surface area (Å²) in [5.74, 6) is 0.682. The van der Waals surface area contributed by atoms with Crippen LogP contribution in [0.1, 0.15) is 47.0 Å². The van der Waals surface area contributed by atoms with Gasteiger partial charge in [0.05, 0.1) is 0 Å². The van der Waals surface area contributed by atoms with Gasteiger partial charge in [-0.05, 0) is 39.5 Å². The molecule has 0 aliphatic carbocycles. The summed E-state index contributed by atoms with van der Waals surface area (Å²) in [6.45, 7) is 10.1. The summed E-state index contributed by atoms with van der Waals surface area (Å²) in [6, 6.07) is -0.0459. The molecule has 1 saturated heterocycles. The number of likely N-dealkylation sites (tertiary alicyclic amines) is 1. The predicted octanol–water partition coefficient (Wildman–Crippen LogP) is 1.73. The molecule has 0 radical (unpaired) electrons. The Balaban J connectivity index is 2.18. The Kier molecular flexibility index (Phi) is 5.63. The molecule has 0 aromatic carbocycles. The maximum absolute atomic E-state index is 11.9. The predicted molar refractivity (Wildman–Crippen MR) is 75.9 cm³/mol. The lowest BCUT2D eigenvalue weighted by Crippen LogP contribution is -2.46. The molecule has 2 N–H and O–H groups in total. The van der Waals surface area contributed by atoms with Crippen LogP contribution in [-0.4, -0.2) is 42.0 Å². The van der Waals surface area contributed by atoms with Crippen LogP contribution in [0.4, 0.5) is 4.79 Å². The monoisotopic (exact) mass is 269 g/mol. The van der Waals surface area contributed by atoms with Crippen LogP contribution in [0.25, 0.3) is 0 Å². The second-order valence-electron chi connectivity index (χ2n) is 6.45. The molecule has 110 valence electrons. The molecule has 3 amide bonds. The zero-order chi connectivity index (χ0) is 14.5. The molecule has 1 aliphatic rings. The fourth-order valence-electron chi connectivity index (χ4n) is 2.09. The highest BCUT2D eigenvalue weighted by Crippen LogP contribution is 2.15. The Morgan fingerprint density at radius 2 is 1.79 bits per heavy atom. The molecule has 5 nitrogen and oxygen atoms in total. The number of hydrogen-bond acceptors (Lipinski definition) is 2. The topological polar surface area (TPSA) is 61.4 Å². The molecule has 1 rings (SSSR count). The highest BCUT2D eigenvalue weighted by molar-refractivity contribution is 5.78. The maximum Gasteiger partial charge on any atom is 0.317 e. The normalized spacial score (nSPS) is 17.2. The van der Waals surface area contributed by atoms with Gasteiger partial charge in [-0.3, -0.25) is 4.79 Å². The SMILES string of the molecule is CC1CCN(C(=O)NCCC(=O)NC(C)(C)C)CC1. The van der Waals surface area contributed by atoms with Crippen molar-refractivity contribution >= 4 is 11.9 Å². The van der Waals surface area contributed by atoms with Crippen molar-refractivity contribution in [3.05, 3.63) is 0 Å². The number of hydrogen-bond donors (Lipinski definition) is 2. The van der Waals surface area contributed by atoms with Crippen LogP contribution in [0.3, 0.4) is 0 Å². The van der Waals surface area contributed by atoms with Crippen LogP contribution in [0.2, 0.25) is 0 Å². The Morgan fingerprint density at radius 3 is 2.32 bits per heavy atom. The highest BCUT2D eigenvalue weighted by atomic mass is 16.2. The summed E-state index contributed by atoms with van der Waals surface area (Å²) >= 11 is 0. The fraction of sp³-hybridized carbons (Fsp3) is 0.857. The minimum atomic E-state index is -0.218. The first-order valence-corrected chi connectivity index (χ1v) is 7.12. The van der Waals surface area contributed by atoms with Gasteiger partial charge in [0.25, 0.3) is 0 Å². The molecule has 19 heavy (non-hydrogen) atoms. The van der Waals surface area contributed by atoms with Gasteiger partial charge in [-0.25, -0.2) is 4.79 Å². The number of nitrogens with one attached hydrogen (secondary N) is 2. The molecular weight excluding hydrogens is 242 g/mol. The van der Waals surface area contributed by atoms with Gasteiger partial charge >= 0.3 is 6.03 Å². The van der Waals surface area contributed by atoms with Crippen LogP contribution in [0, 0.1) is 5.92 Å². The quantitative estimate of drug-likeness (QED) is 0.819. The number of urea groups is 1. The molecule has 1 heterocycles. The highest BCUT2D eigenvalue weighted by Gasteiger charge is 2.20. The minimum absolute atomic E-state index is 0.0277. The van der Waals surface area contributed by atoms with Gasteiger partial charge in [0, 0.05) is 31.6 Å². The van der Waals surface area contributed by atoms with Crippen LogP contribution in [-0.2, 0) is 4.79 Å². The van der Waals surface area contributed by atoms with E-state index < -0.39 is 0 Å². The zero-order valence-corrected chi connectivity index (χ0v) is 12.6. The standard InChI is InChI=1S/C14H27N3O2/c1-11-6-9-17(10-7-11)13(19)15-8-5-12(18)16-14(2,3)4/h11H,5-10H2,1-4H3,(H,15,19)(H,16,18). The van der Waals surface area contributed by atoms with E-state index in [1.165, 1.54) is 0 Å². The molecule has 0 bridgehead atoms. The van der Waals surface area contributed by atoms with E-state index in [0.717, 1.165) is 25.9 Å². The third-order valence-corrected chi connectivity index (χ3v) is 3.21. The average molecular weight is 269 g/mol. The summed E-state index contributed by atoms with van der Waals surface area (Å²) in [5.41, 5.74) is -0.218. The van der Waals surface area contributed by atoms with E-state index in [-0.39, 0.29) is 17.5 Å². The van der Waals surface area contributed by atoms with Crippen molar-refractivity contribution in [2.24, 2.45) is 5.92 Å². The van der Waals surface area contributed by atoms with Crippen molar-refractivity contribution in [1.29, 1.82) is 0 Å². The molecule has 0 aromatic heterocycles. The lowest BCUT2D eigenvalue weighted by molar-refractivity contribution is -0.122. The summed E-state index contributed by atoms with van der Waals surface area (Å²) in [7, 11) is 0. The molecule has 0 unspecified atom stereocenters. The van der Waals surface area contributed by atoms with E-state index in [1.54, 1.807) is 0 Å². The first-order chi connectivity index (χ1) is 8.78. The molecule has 0 saturated carbocycles. The van der Waals surface area contributed by atoms with Gasteiger partial charge in [0.1, 0.15) is 0 Å². The lowest BCUT2D eigenvalue weighted by Gasteiger charge is -2.30. The molecule has 0 aromatic rings. The van der Waals surface area contributed by atoms with Gasteiger partial charge < -0.3 is 15.5 Å². The van der Waals surface area contributed by atoms with Crippen LogP contribution >= 0.6 is 0 Å². The van der Waals surface area contributed by atoms with E-state index in [1.807, 2.05) is 25.7 Å². The van der Waals surface area contributed by atoms with Gasteiger partial charge in [-0.1, -0.05) is 6.92 Å². The number of nitrogens with zero attached hydrogens (tertiary/aromatic N) is 1.